The number of methoxy groups -OCH3 is 1. The van der Waals surface area contributed by atoms with Gasteiger partial charge in [-0.1, -0.05) is 0 Å². The van der Waals surface area contributed by atoms with Crippen LogP contribution in [0.1, 0.15) is 19.3 Å². The van der Waals surface area contributed by atoms with Gasteiger partial charge in [0.1, 0.15) is 0 Å². The Morgan fingerprint density at radius 3 is 3.05 bits per heavy atom. The minimum absolute atomic E-state index is 0.172. The lowest BCUT2D eigenvalue weighted by Crippen LogP contribution is -2.24. The summed E-state index contributed by atoms with van der Waals surface area (Å²) in [6.07, 6.45) is 3.50. The summed E-state index contributed by atoms with van der Waals surface area (Å²) in [4.78, 5) is 3.04. The fourth-order valence-electron chi connectivity index (χ4n) is 2.65. The summed E-state index contributed by atoms with van der Waals surface area (Å²) in [5, 5.41) is 0. The van der Waals surface area contributed by atoms with E-state index in [0.29, 0.717) is 16.8 Å². The number of aromatic nitrogens is 2. The quantitative estimate of drug-likeness (QED) is 0.882. The molecule has 1 unspecified atom stereocenters. The molecule has 108 valence electrons. The van der Waals surface area contributed by atoms with Crippen molar-refractivity contribution in [3.05, 3.63) is 22.7 Å². The highest BCUT2D eigenvalue weighted by atomic mass is 32.1. The number of H-pyrrole nitrogens is 1. The molecule has 2 aromatic rings. The molecule has 1 fully saturated rings. The zero-order valence-corrected chi connectivity index (χ0v) is 12.1. The van der Waals surface area contributed by atoms with E-state index in [1.165, 1.54) is 19.6 Å². The van der Waals surface area contributed by atoms with E-state index in [4.69, 9.17) is 21.7 Å². The molecule has 1 saturated heterocycles. The molecule has 1 aromatic heterocycles. The predicted molar refractivity (Wildman–Crippen MR) is 77.2 cm³/mol. The highest BCUT2D eigenvalue weighted by Gasteiger charge is 2.17. The number of benzene rings is 1. The van der Waals surface area contributed by atoms with Crippen LogP contribution in [0.5, 0.6) is 5.75 Å². The monoisotopic (exact) mass is 296 g/mol. The molecule has 20 heavy (non-hydrogen) atoms. The predicted octanol–water partition coefficient (Wildman–Crippen LogP) is 3.42. The molecule has 1 aromatic carbocycles. The van der Waals surface area contributed by atoms with E-state index >= 15 is 0 Å². The van der Waals surface area contributed by atoms with Crippen molar-refractivity contribution in [1.29, 1.82) is 0 Å². The van der Waals surface area contributed by atoms with Crippen LogP contribution in [0.25, 0.3) is 11.0 Å². The van der Waals surface area contributed by atoms with Gasteiger partial charge in [0.05, 0.1) is 30.8 Å². The number of nitrogens with one attached hydrogen (secondary N) is 1. The maximum Gasteiger partial charge on any atom is 0.178 e. The second-order valence-electron chi connectivity index (χ2n) is 5.03. The molecule has 0 bridgehead atoms. The molecule has 4 nitrogen and oxygen atoms in total. The van der Waals surface area contributed by atoms with Gasteiger partial charge >= 0.3 is 0 Å². The van der Waals surface area contributed by atoms with Crippen molar-refractivity contribution >= 4 is 23.3 Å². The van der Waals surface area contributed by atoms with E-state index in [1.54, 1.807) is 6.07 Å². The summed E-state index contributed by atoms with van der Waals surface area (Å²) in [5.41, 5.74) is 1.53. The van der Waals surface area contributed by atoms with Crippen LogP contribution in [0.4, 0.5) is 4.39 Å². The molecule has 0 radical (unpaired) electrons. The van der Waals surface area contributed by atoms with Crippen molar-refractivity contribution in [1.82, 2.24) is 9.55 Å². The number of hydrogen-bond acceptors (Lipinski definition) is 3. The van der Waals surface area contributed by atoms with Crippen molar-refractivity contribution in [3.63, 3.8) is 0 Å². The number of hydrogen-bond donors (Lipinski definition) is 1. The standard InChI is InChI=1S/C14H17FN2O2S/c1-18-13-7-12-11(6-10(13)15)16-14(20)17(12)8-9-4-2-3-5-19-9/h6-7,9H,2-5,8H2,1H3,(H,16,20). The van der Waals surface area contributed by atoms with Gasteiger partial charge in [0.25, 0.3) is 0 Å². The van der Waals surface area contributed by atoms with Gasteiger partial charge in [0.15, 0.2) is 16.3 Å². The maximum absolute atomic E-state index is 13.7. The minimum Gasteiger partial charge on any atom is -0.494 e. The van der Waals surface area contributed by atoms with Crippen LogP contribution >= 0.6 is 12.2 Å². The Morgan fingerprint density at radius 2 is 2.35 bits per heavy atom. The highest BCUT2D eigenvalue weighted by molar-refractivity contribution is 7.71. The zero-order chi connectivity index (χ0) is 14.1. The average molecular weight is 296 g/mol. The molecule has 1 N–H and O–H groups in total. The number of fused-ring (bicyclic) bond motifs is 1. The van der Waals surface area contributed by atoms with Crippen molar-refractivity contribution in [2.75, 3.05) is 13.7 Å². The van der Waals surface area contributed by atoms with E-state index in [2.05, 4.69) is 4.98 Å². The van der Waals surface area contributed by atoms with Gasteiger partial charge in [-0.2, -0.15) is 0 Å². The van der Waals surface area contributed by atoms with Crippen LogP contribution in [0, 0.1) is 10.6 Å². The summed E-state index contributed by atoms with van der Waals surface area (Å²) in [6.45, 7) is 1.49. The topological polar surface area (TPSA) is 39.2 Å². The first-order chi connectivity index (χ1) is 9.69. The van der Waals surface area contributed by atoms with Gasteiger partial charge in [-0.25, -0.2) is 4.39 Å². The van der Waals surface area contributed by atoms with Crippen LogP contribution < -0.4 is 4.74 Å². The van der Waals surface area contributed by atoms with Crippen molar-refractivity contribution in [2.24, 2.45) is 0 Å². The third-order valence-corrected chi connectivity index (χ3v) is 4.03. The van der Waals surface area contributed by atoms with Gasteiger partial charge < -0.3 is 19.0 Å². The van der Waals surface area contributed by atoms with Crippen LogP contribution in [0.3, 0.4) is 0 Å². The first-order valence-electron chi connectivity index (χ1n) is 6.76. The molecule has 0 aliphatic carbocycles. The summed E-state index contributed by atoms with van der Waals surface area (Å²) in [6, 6.07) is 3.10. The van der Waals surface area contributed by atoms with Crippen LogP contribution in [-0.2, 0) is 11.3 Å². The van der Waals surface area contributed by atoms with Gasteiger partial charge in [-0.15, -0.1) is 0 Å². The number of halogens is 1. The molecule has 3 rings (SSSR count). The van der Waals surface area contributed by atoms with Crippen LogP contribution in [0.2, 0.25) is 0 Å². The molecule has 1 aliphatic heterocycles. The van der Waals surface area contributed by atoms with Crippen molar-refractivity contribution < 1.29 is 13.9 Å². The molecule has 1 aliphatic rings. The van der Waals surface area contributed by atoms with E-state index in [-0.39, 0.29) is 11.9 Å². The fraction of sp³-hybridized carbons (Fsp3) is 0.500. The number of aromatic amines is 1. The minimum atomic E-state index is -0.391. The Balaban J connectivity index is 2.00. The molecule has 0 amide bonds. The van der Waals surface area contributed by atoms with Crippen molar-refractivity contribution in [3.8, 4) is 5.75 Å². The third-order valence-electron chi connectivity index (χ3n) is 3.71. The second-order valence-corrected chi connectivity index (χ2v) is 5.42. The van der Waals surface area contributed by atoms with E-state index in [1.807, 2.05) is 4.57 Å². The number of rotatable bonds is 3. The summed E-state index contributed by atoms with van der Waals surface area (Å²) in [7, 11) is 1.46. The Hall–Kier alpha value is -1.40. The van der Waals surface area contributed by atoms with Crippen LogP contribution in [-0.4, -0.2) is 29.4 Å². The number of nitrogens with zero attached hydrogens (tertiary/aromatic N) is 1. The molecule has 6 heteroatoms. The molecule has 2 heterocycles. The van der Waals surface area contributed by atoms with Crippen LogP contribution in [0.15, 0.2) is 12.1 Å². The Morgan fingerprint density at radius 1 is 1.50 bits per heavy atom. The van der Waals surface area contributed by atoms with E-state index < -0.39 is 5.82 Å². The first-order valence-corrected chi connectivity index (χ1v) is 7.17. The smallest absolute Gasteiger partial charge is 0.178 e. The largest absolute Gasteiger partial charge is 0.494 e. The van der Waals surface area contributed by atoms with Gasteiger partial charge in [-0.3, -0.25) is 0 Å². The SMILES string of the molecule is COc1cc2c(cc1F)[nH]c(=S)n2CC1CCCCO1. The first kappa shape index (κ1) is 13.6. The number of imidazole rings is 1. The Labute approximate surface area is 121 Å². The Kier molecular flexibility index (Phi) is 3.76. The van der Waals surface area contributed by atoms with Gasteiger partial charge in [-0.05, 0) is 31.5 Å². The summed E-state index contributed by atoms with van der Waals surface area (Å²) in [5.74, 6) is -0.165. The van der Waals surface area contributed by atoms with Gasteiger partial charge in [0.2, 0.25) is 0 Å². The average Bonchev–Trinajstić information content (AvgIpc) is 2.74. The molecule has 0 spiro atoms. The maximum atomic E-state index is 13.7. The molecule has 1 atom stereocenters. The second kappa shape index (κ2) is 5.54. The molecule has 0 saturated carbocycles. The summed E-state index contributed by atoms with van der Waals surface area (Å²) >= 11 is 5.33. The molecular formula is C14H17FN2O2S. The Bertz CT molecular complexity index is 674. The lowest BCUT2D eigenvalue weighted by Gasteiger charge is -2.23. The van der Waals surface area contributed by atoms with E-state index in [9.17, 15) is 4.39 Å². The lowest BCUT2D eigenvalue weighted by atomic mass is 10.1. The van der Waals surface area contributed by atoms with Crippen molar-refractivity contribution in [2.45, 2.75) is 31.9 Å². The molecular weight excluding hydrogens is 279 g/mol. The van der Waals surface area contributed by atoms with E-state index in [0.717, 1.165) is 25.0 Å². The highest BCUT2D eigenvalue weighted by Crippen LogP contribution is 2.25. The van der Waals surface area contributed by atoms with Gasteiger partial charge in [0, 0.05) is 18.7 Å². The normalized spacial score (nSPS) is 19.4. The number of ether oxygens (including phenoxy) is 2. The third kappa shape index (κ3) is 2.45. The fourth-order valence-corrected chi connectivity index (χ4v) is 2.93. The summed E-state index contributed by atoms with van der Waals surface area (Å²) < 4.78 is 27.0. The lowest BCUT2D eigenvalue weighted by molar-refractivity contribution is 0.00640. The zero-order valence-electron chi connectivity index (χ0n) is 11.3.